The third kappa shape index (κ3) is 9.22. The molecule has 9 heteroatoms. The van der Waals surface area contributed by atoms with Crippen molar-refractivity contribution >= 4 is 21.8 Å². The van der Waals surface area contributed by atoms with E-state index in [1.165, 1.54) is 27.7 Å². The molecule has 0 spiro atoms. The minimum atomic E-state index is -4.64. The van der Waals surface area contributed by atoms with Gasteiger partial charge in [0.1, 0.15) is 11.2 Å². The molecule has 0 fully saturated rings. The zero-order valence-electron chi connectivity index (χ0n) is 9.71. The van der Waals surface area contributed by atoms with E-state index in [0.29, 0.717) is 0 Å². The molecule has 0 aliphatic heterocycles. The van der Waals surface area contributed by atoms with Crippen LogP contribution in [0.2, 0.25) is 0 Å². The molecular formula is C8H13O7S2-. The van der Waals surface area contributed by atoms with Crippen LogP contribution in [0.3, 0.4) is 0 Å². The summed E-state index contributed by atoms with van der Waals surface area (Å²) < 4.78 is 58.8. The largest absolute Gasteiger partial charge is 0.750 e. The Morgan fingerprint density at radius 1 is 1.18 bits per heavy atom. The van der Waals surface area contributed by atoms with Gasteiger partial charge in [0.25, 0.3) is 0 Å². The molecule has 0 radical (unpaired) electrons. The van der Waals surface area contributed by atoms with Gasteiger partial charge in [-0.25, -0.2) is 8.39 Å². The predicted octanol–water partition coefficient (Wildman–Crippen LogP) is 0.177. The Morgan fingerprint density at radius 2 is 1.59 bits per heavy atom. The van der Waals surface area contributed by atoms with Crippen LogP contribution in [0, 0.1) is 11.8 Å². The maximum atomic E-state index is 10.5. The molecule has 17 heavy (non-hydrogen) atoms. The van der Waals surface area contributed by atoms with E-state index >= 15 is 0 Å². The first-order chi connectivity index (χ1) is 7.33. The van der Waals surface area contributed by atoms with Crippen molar-refractivity contribution in [3.05, 3.63) is 0 Å². The van der Waals surface area contributed by atoms with Crippen molar-refractivity contribution in [1.82, 2.24) is 0 Å². The number of hydrogen-bond acceptors (Lipinski definition) is 6. The maximum absolute atomic E-state index is 10.5. The Hall–Kier alpha value is -0.500. The van der Waals surface area contributed by atoms with E-state index in [4.69, 9.17) is 4.55 Å². The van der Waals surface area contributed by atoms with E-state index in [-0.39, 0.29) is 0 Å². The number of rotatable bonds is 4. The normalized spacial score (nSPS) is 14.9. The zero-order valence-corrected chi connectivity index (χ0v) is 11.3. The molecule has 0 saturated heterocycles. The molecule has 100 valence electrons. The summed E-state index contributed by atoms with van der Waals surface area (Å²) >= 11 is -2.74. The van der Waals surface area contributed by atoms with Gasteiger partial charge in [-0.3, -0.25) is 8.74 Å². The molecule has 0 aromatic carbocycles. The molecule has 0 aromatic rings. The molecule has 1 N–H and O–H groups in total. The topological polar surface area (TPSA) is 113 Å². The number of hydrogen-bond donors (Lipinski definition) is 1. The quantitative estimate of drug-likeness (QED) is 0.445. The summed E-state index contributed by atoms with van der Waals surface area (Å²) in [7, 11) is -4.64. The van der Waals surface area contributed by atoms with Crippen LogP contribution in [0.5, 0.6) is 0 Å². The van der Waals surface area contributed by atoms with Gasteiger partial charge in [0.2, 0.25) is 0 Å². The minimum absolute atomic E-state index is 1.29. The van der Waals surface area contributed by atoms with E-state index in [1.54, 1.807) is 0 Å². The molecule has 0 heterocycles. The van der Waals surface area contributed by atoms with E-state index in [2.05, 4.69) is 20.2 Å². The van der Waals surface area contributed by atoms with Crippen molar-refractivity contribution in [2.45, 2.75) is 38.9 Å². The molecule has 1 atom stereocenters. The van der Waals surface area contributed by atoms with E-state index in [0.717, 1.165) is 0 Å². The van der Waals surface area contributed by atoms with Gasteiger partial charge in [0.15, 0.2) is 0 Å². The second-order valence-electron chi connectivity index (χ2n) is 4.07. The van der Waals surface area contributed by atoms with Crippen LogP contribution in [0.1, 0.15) is 27.7 Å². The van der Waals surface area contributed by atoms with Crippen molar-refractivity contribution in [2.24, 2.45) is 0 Å². The third-order valence-corrected chi connectivity index (χ3v) is 2.43. The Kier molecular flexibility index (Phi) is 5.27. The molecule has 0 aliphatic carbocycles. The molecule has 0 aromatic heterocycles. The van der Waals surface area contributed by atoms with Crippen molar-refractivity contribution in [3.8, 4) is 11.8 Å². The fourth-order valence-corrected chi connectivity index (χ4v) is 1.73. The van der Waals surface area contributed by atoms with Crippen LogP contribution in [0.15, 0.2) is 0 Å². The molecule has 0 amide bonds. The highest BCUT2D eigenvalue weighted by molar-refractivity contribution is 7.80. The smallest absolute Gasteiger partial charge is 0.398 e. The van der Waals surface area contributed by atoms with Gasteiger partial charge >= 0.3 is 10.4 Å². The summed E-state index contributed by atoms with van der Waals surface area (Å²) in [6.07, 6.45) is 0. The Balaban J connectivity index is 4.89. The van der Waals surface area contributed by atoms with Crippen LogP contribution in [0.4, 0.5) is 0 Å². The SMILES string of the molecule is CC(C)(C#CC(C)(C)OS(=O)(=O)O)OS(=O)[O-]. The lowest BCUT2D eigenvalue weighted by molar-refractivity contribution is 0.150. The van der Waals surface area contributed by atoms with E-state index < -0.39 is 33.0 Å². The average Bonchev–Trinajstić information content (AvgIpc) is 1.94. The second-order valence-corrected chi connectivity index (χ2v) is 5.67. The summed E-state index contributed by atoms with van der Waals surface area (Å²) in [5.41, 5.74) is -2.83. The minimum Gasteiger partial charge on any atom is -0.750 e. The molecule has 7 nitrogen and oxygen atoms in total. The molecule has 0 saturated carbocycles. The lowest BCUT2D eigenvalue weighted by atomic mass is 10.1. The van der Waals surface area contributed by atoms with Crippen LogP contribution in [-0.2, 0) is 30.1 Å². The molecule has 0 rings (SSSR count). The fraction of sp³-hybridized carbons (Fsp3) is 0.750. The van der Waals surface area contributed by atoms with Gasteiger partial charge in [-0.1, -0.05) is 11.8 Å². The maximum Gasteiger partial charge on any atom is 0.398 e. The van der Waals surface area contributed by atoms with Gasteiger partial charge < -0.3 is 4.55 Å². The highest BCUT2D eigenvalue weighted by Crippen LogP contribution is 2.14. The molecule has 0 aliphatic rings. The van der Waals surface area contributed by atoms with Crippen LogP contribution in [-0.4, -0.2) is 32.9 Å². The first kappa shape index (κ1) is 16.5. The van der Waals surface area contributed by atoms with Gasteiger partial charge in [0.05, 0.1) is 11.4 Å². The summed E-state index contributed by atoms with van der Waals surface area (Å²) in [5, 5.41) is 0. The average molecular weight is 285 g/mol. The van der Waals surface area contributed by atoms with Crippen molar-refractivity contribution in [2.75, 3.05) is 0 Å². The molecular weight excluding hydrogens is 272 g/mol. The van der Waals surface area contributed by atoms with Crippen LogP contribution >= 0.6 is 0 Å². The fourth-order valence-electron chi connectivity index (χ4n) is 0.776. The Labute approximate surface area is 103 Å². The standard InChI is InChI=1S/C8H14O7S2/c1-7(2,14-16(9)10)5-6-8(3,4)15-17(11,12)13/h1-4H3,(H,9,10)(H,11,12,13)/p-1. The Morgan fingerprint density at radius 3 is 1.94 bits per heavy atom. The van der Waals surface area contributed by atoms with Crippen LogP contribution in [0.25, 0.3) is 0 Å². The summed E-state index contributed by atoms with van der Waals surface area (Å²) in [5.74, 6) is 4.74. The summed E-state index contributed by atoms with van der Waals surface area (Å²) in [6, 6.07) is 0. The Bertz CT molecular complexity index is 452. The van der Waals surface area contributed by atoms with Gasteiger partial charge in [-0.05, 0) is 27.7 Å². The first-order valence-electron chi connectivity index (χ1n) is 4.34. The van der Waals surface area contributed by atoms with Crippen molar-refractivity contribution in [1.29, 1.82) is 0 Å². The highest BCUT2D eigenvalue weighted by atomic mass is 32.3. The van der Waals surface area contributed by atoms with Crippen molar-refractivity contribution in [3.63, 3.8) is 0 Å². The highest BCUT2D eigenvalue weighted by Gasteiger charge is 2.24. The lowest BCUT2D eigenvalue weighted by Crippen LogP contribution is -2.28. The zero-order chi connectivity index (χ0) is 13.9. The van der Waals surface area contributed by atoms with Gasteiger partial charge in [0, 0.05) is 0 Å². The summed E-state index contributed by atoms with van der Waals surface area (Å²) in [4.78, 5) is 0. The predicted molar refractivity (Wildman–Crippen MR) is 58.6 cm³/mol. The lowest BCUT2D eigenvalue weighted by Gasteiger charge is -2.21. The monoisotopic (exact) mass is 285 g/mol. The molecule has 1 unspecified atom stereocenters. The van der Waals surface area contributed by atoms with Gasteiger partial charge in [-0.2, -0.15) is 8.42 Å². The summed E-state index contributed by atoms with van der Waals surface area (Å²) in [6.45, 7) is 5.33. The first-order valence-corrected chi connectivity index (χ1v) is 6.71. The van der Waals surface area contributed by atoms with Gasteiger partial charge in [-0.15, -0.1) is 0 Å². The van der Waals surface area contributed by atoms with Crippen molar-refractivity contribution < 1.29 is 30.1 Å². The van der Waals surface area contributed by atoms with Crippen LogP contribution < -0.4 is 0 Å². The van der Waals surface area contributed by atoms with E-state index in [1.807, 2.05) is 0 Å². The molecule has 0 bridgehead atoms. The third-order valence-electron chi connectivity index (χ3n) is 1.25. The second kappa shape index (κ2) is 5.43. The van der Waals surface area contributed by atoms with E-state index in [9.17, 15) is 17.2 Å².